The first-order valence-electron chi connectivity index (χ1n) is 10.4. The highest BCUT2D eigenvalue weighted by atomic mass is 79.9. The average molecular weight is 614 g/mol. The van der Waals surface area contributed by atoms with Gasteiger partial charge in [-0.1, -0.05) is 52.3 Å². The van der Waals surface area contributed by atoms with Crippen molar-refractivity contribution in [2.45, 2.75) is 0 Å². The van der Waals surface area contributed by atoms with E-state index in [4.69, 9.17) is 25.7 Å². The molecule has 0 amide bonds. The van der Waals surface area contributed by atoms with E-state index in [0.717, 1.165) is 9.86 Å². The van der Waals surface area contributed by atoms with Crippen LogP contribution < -0.4 is 10.3 Å². The van der Waals surface area contributed by atoms with E-state index in [9.17, 15) is 4.79 Å². The van der Waals surface area contributed by atoms with Gasteiger partial charge in [-0.2, -0.15) is 9.78 Å². The summed E-state index contributed by atoms with van der Waals surface area (Å²) in [4.78, 5) is 18.1. The Balaban J connectivity index is 1.65. The number of furan rings is 1. The average Bonchev–Trinajstić information content (AvgIpc) is 3.26. The summed E-state index contributed by atoms with van der Waals surface area (Å²) in [7, 11) is 0. The highest BCUT2D eigenvalue weighted by molar-refractivity contribution is 9.10. The Bertz CT molecular complexity index is 1670. The number of aromatic nitrogens is 2. The maximum absolute atomic E-state index is 13.4. The Morgan fingerprint density at radius 3 is 2.77 bits per heavy atom. The number of halogens is 3. The topological polar surface area (TPSA) is 69.6 Å². The molecule has 0 saturated carbocycles. The van der Waals surface area contributed by atoms with Gasteiger partial charge in [-0.3, -0.25) is 4.79 Å². The van der Waals surface area contributed by atoms with Gasteiger partial charge in [-0.15, -0.1) is 0 Å². The van der Waals surface area contributed by atoms with E-state index in [1.54, 1.807) is 36.4 Å². The lowest BCUT2D eigenvalue weighted by molar-refractivity contribution is 0.361. The number of hydrogen-bond acceptors (Lipinski definition) is 5. The fourth-order valence-electron chi connectivity index (χ4n) is 3.57. The van der Waals surface area contributed by atoms with Gasteiger partial charge < -0.3 is 9.15 Å². The molecule has 6 nitrogen and oxygen atoms in total. The molecule has 0 aliphatic rings. The molecule has 2 aromatic heterocycles. The van der Waals surface area contributed by atoms with E-state index in [1.807, 2.05) is 30.3 Å². The first-order chi connectivity index (χ1) is 16.9. The summed E-state index contributed by atoms with van der Waals surface area (Å²) in [6.07, 6.45) is 3.17. The molecule has 5 rings (SSSR count). The minimum atomic E-state index is -0.320. The summed E-state index contributed by atoms with van der Waals surface area (Å²) in [6.45, 7) is 3.96. The predicted molar refractivity (Wildman–Crippen MR) is 147 cm³/mol. The zero-order valence-electron chi connectivity index (χ0n) is 18.0. The molecule has 0 saturated heterocycles. The SMILES string of the molecule is C=CCOc1c(Cl)cc(C=Nn2c(-c3cc4cc(Br)ccc4o3)nc3ccccc3c2=O)cc1Br. The van der Waals surface area contributed by atoms with Crippen LogP contribution in [0.2, 0.25) is 5.02 Å². The molecule has 0 atom stereocenters. The molecule has 0 radical (unpaired) electrons. The molecular weight excluding hydrogens is 598 g/mol. The summed E-state index contributed by atoms with van der Waals surface area (Å²) in [5, 5.41) is 6.19. The van der Waals surface area contributed by atoms with Crippen LogP contribution >= 0.6 is 43.5 Å². The number of ether oxygens (including phenoxy) is 1. The second-order valence-electron chi connectivity index (χ2n) is 7.52. The zero-order valence-corrected chi connectivity index (χ0v) is 22.0. The van der Waals surface area contributed by atoms with Gasteiger partial charge in [0.15, 0.2) is 11.5 Å². The fourth-order valence-corrected chi connectivity index (χ4v) is 4.94. The number of fused-ring (bicyclic) bond motifs is 2. The van der Waals surface area contributed by atoms with Gasteiger partial charge in [0.2, 0.25) is 5.82 Å². The number of rotatable bonds is 6. The molecule has 0 aliphatic heterocycles. The first kappa shape index (κ1) is 23.5. The Hall–Kier alpha value is -3.20. The molecule has 2 heterocycles. The van der Waals surface area contributed by atoms with Gasteiger partial charge >= 0.3 is 0 Å². The number of nitrogens with zero attached hydrogens (tertiary/aromatic N) is 3. The van der Waals surface area contributed by atoms with Crippen molar-refractivity contribution in [3.8, 4) is 17.3 Å². The third-order valence-electron chi connectivity index (χ3n) is 5.14. The minimum absolute atomic E-state index is 0.286. The second-order valence-corrected chi connectivity index (χ2v) is 9.70. The van der Waals surface area contributed by atoms with Crippen molar-refractivity contribution in [2.24, 2.45) is 5.10 Å². The van der Waals surface area contributed by atoms with Crippen LogP contribution in [0.25, 0.3) is 33.5 Å². The number of benzene rings is 3. The highest BCUT2D eigenvalue weighted by Crippen LogP contribution is 2.34. The number of para-hydroxylation sites is 1. The van der Waals surface area contributed by atoms with Crippen LogP contribution in [0.4, 0.5) is 0 Å². The van der Waals surface area contributed by atoms with Crippen LogP contribution in [-0.4, -0.2) is 22.5 Å². The third-order valence-corrected chi connectivity index (χ3v) is 6.50. The molecular formula is C26H16Br2ClN3O3. The van der Waals surface area contributed by atoms with Gasteiger partial charge in [0.1, 0.15) is 12.2 Å². The van der Waals surface area contributed by atoms with Crippen molar-refractivity contribution < 1.29 is 9.15 Å². The Morgan fingerprint density at radius 1 is 1.14 bits per heavy atom. The zero-order chi connectivity index (χ0) is 24.5. The maximum atomic E-state index is 13.4. The summed E-state index contributed by atoms with van der Waals surface area (Å²) >= 11 is 13.3. The molecule has 3 aromatic carbocycles. The van der Waals surface area contributed by atoms with Crippen LogP contribution in [0.5, 0.6) is 5.75 Å². The summed E-state index contributed by atoms with van der Waals surface area (Å²) in [5.74, 6) is 1.21. The van der Waals surface area contributed by atoms with Gasteiger partial charge in [0.25, 0.3) is 5.56 Å². The molecule has 0 bridgehead atoms. The van der Waals surface area contributed by atoms with Gasteiger partial charge in [0.05, 0.1) is 26.6 Å². The second kappa shape index (κ2) is 9.81. The van der Waals surface area contributed by atoms with E-state index in [0.29, 0.717) is 49.7 Å². The van der Waals surface area contributed by atoms with Crippen molar-refractivity contribution in [3.05, 3.63) is 103 Å². The van der Waals surface area contributed by atoms with E-state index in [-0.39, 0.29) is 11.4 Å². The van der Waals surface area contributed by atoms with Crippen molar-refractivity contribution in [1.29, 1.82) is 0 Å². The lowest BCUT2D eigenvalue weighted by atomic mass is 10.2. The van der Waals surface area contributed by atoms with Crippen LogP contribution in [0.3, 0.4) is 0 Å². The van der Waals surface area contributed by atoms with Crippen LogP contribution in [0.1, 0.15) is 5.56 Å². The molecule has 0 aliphatic carbocycles. The number of hydrogen-bond donors (Lipinski definition) is 0. The summed E-state index contributed by atoms with van der Waals surface area (Å²) in [5.41, 5.74) is 1.56. The van der Waals surface area contributed by atoms with Crippen molar-refractivity contribution >= 4 is 71.5 Å². The van der Waals surface area contributed by atoms with Crippen LogP contribution in [0.15, 0.2) is 96.6 Å². The maximum Gasteiger partial charge on any atom is 0.282 e. The van der Waals surface area contributed by atoms with Crippen molar-refractivity contribution in [1.82, 2.24) is 9.66 Å². The van der Waals surface area contributed by atoms with E-state index >= 15 is 0 Å². The highest BCUT2D eigenvalue weighted by Gasteiger charge is 2.17. The van der Waals surface area contributed by atoms with E-state index in [1.165, 1.54) is 10.9 Å². The lowest BCUT2D eigenvalue weighted by Gasteiger charge is -2.10. The minimum Gasteiger partial charge on any atom is -0.487 e. The largest absolute Gasteiger partial charge is 0.487 e. The third kappa shape index (κ3) is 4.69. The molecule has 0 N–H and O–H groups in total. The summed E-state index contributed by atoms with van der Waals surface area (Å²) < 4.78 is 14.4. The Morgan fingerprint density at radius 2 is 1.97 bits per heavy atom. The Labute approximate surface area is 221 Å². The predicted octanol–water partition coefficient (Wildman–Crippen LogP) is 7.44. The smallest absolute Gasteiger partial charge is 0.282 e. The quantitative estimate of drug-likeness (QED) is 0.148. The summed E-state index contributed by atoms with van der Waals surface area (Å²) in [6, 6.07) is 18.1. The van der Waals surface area contributed by atoms with Crippen molar-refractivity contribution in [3.63, 3.8) is 0 Å². The molecule has 174 valence electrons. The molecule has 0 spiro atoms. The van der Waals surface area contributed by atoms with E-state index < -0.39 is 0 Å². The molecule has 0 unspecified atom stereocenters. The van der Waals surface area contributed by atoms with Gasteiger partial charge in [0, 0.05) is 9.86 Å². The molecule has 35 heavy (non-hydrogen) atoms. The first-order valence-corrected chi connectivity index (χ1v) is 12.4. The van der Waals surface area contributed by atoms with E-state index in [2.05, 4.69) is 43.5 Å². The fraction of sp³-hybridized carbons (Fsp3) is 0.0385. The lowest BCUT2D eigenvalue weighted by Crippen LogP contribution is -2.20. The molecule has 0 fully saturated rings. The monoisotopic (exact) mass is 611 g/mol. The molecule has 9 heteroatoms. The van der Waals surface area contributed by atoms with Crippen LogP contribution in [-0.2, 0) is 0 Å². The van der Waals surface area contributed by atoms with Gasteiger partial charge in [-0.05, 0) is 70.0 Å². The normalized spacial score (nSPS) is 11.5. The van der Waals surface area contributed by atoms with Crippen LogP contribution in [0, 0.1) is 0 Å². The molecule has 5 aromatic rings. The Kier molecular flexibility index (Phi) is 6.60. The van der Waals surface area contributed by atoms with Crippen molar-refractivity contribution in [2.75, 3.05) is 6.61 Å². The van der Waals surface area contributed by atoms with Gasteiger partial charge in [-0.25, -0.2) is 4.98 Å². The standard InChI is InChI=1S/C26H16Br2ClN3O3/c1-2-9-34-24-19(28)10-15(11-20(24)29)14-30-32-25(31-21-6-4-3-5-18(21)26(32)33)23-13-16-12-17(27)7-8-22(16)35-23/h2-8,10-14H,1,9H2.